The highest BCUT2D eigenvalue weighted by Gasteiger charge is 2.30. The van der Waals surface area contributed by atoms with Gasteiger partial charge in [0.05, 0.1) is 5.57 Å². The number of hydrogen-bond acceptors (Lipinski definition) is 0. The smallest absolute Gasteiger partial charge is 0.166 e. The largest absolute Gasteiger partial charge is 0.416 e. The van der Waals surface area contributed by atoms with Crippen molar-refractivity contribution in [2.24, 2.45) is 0 Å². The third-order valence-electron chi connectivity index (χ3n) is 1.14. The second-order valence-electron chi connectivity index (χ2n) is 2.57. The first-order chi connectivity index (χ1) is 5.38. The van der Waals surface area contributed by atoms with Crippen molar-refractivity contribution in [3.63, 3.8) is 0 Å². The van der Waals surface area contributed by atoms with Crippen molar-refractivity contribution in [1.29, 1.82) is 0 Å². The third kappa shape index (κ3) is 4.01. The minimum atomic E-state index is -4.30. The van der Waals surface area contributed by atoms with Crippen molar-refractivity contribution in [2.75, 3.05) is 0 Å². The Morgan fingerprint density at radius 2 is 1.67 bits per heavy atom. The average Bonchev–Trinajstić information content (AvgIpc) is 1.85. The molecule has 0 nitrogen and oxygen atoms in total. The molecule has 0 bridgehead atoms. The molecule has 0 aliphatic rings. The lowest BCUT2D eigenvalue weighted by Crippen LogP contribution is -2.09. The molecule has 68 valence electrons. The fourth-order valence-corrected chi connectivity index (χ4v) is 0.535. The predicted octanol–water partition coefficient (Wildman–Crippen LogP) is 3.63. The molecule has 0 aromatic heterocycles. The number of alkyl halides is 3. The van der Waals surface area contributed by atoms with Crippen LogP contribution < -0.4 is 0 Å². The molecule has 0 amide bonds. The molecule has 0 aliphatic carbocycles. The Bertz CT molecular complexity index is 214. The van der Waals surface area contributed by atoms with E-state index in [2.05, 4.69) is 6.58 Å². The van der Waals surface area contributed by atoms with Gasteiger partial charge in [0.1, 0.15) is 0 Å². The molecular formula is C9H11F3. The van der Waals surface area contributed by atoms with Gasteiger partial charge in [-0.3, -0.25) is 0 Å². The van der Waals surface area contributed by atoms with Crippen LogP contribution in [0.5, 0.6) is 0 Å². The zero-order chi connectivity index (χ0) is 9.78. The first kappa shape index (κ1) is 11.0. The lowest BCUT2D eigenvalue weighted by Gasteiger charge is -2.05. The maximum absolute atomic E-state index is 12.0. The quantitative estimate of drug-likeness (QED) is 0.563. The molecule has 0 aromatic rings. The van der Waals surface area contributed by atoms with E-state index in [0.717, 1.165) is 17.7 Å². The molecule has 12 heavy (non-hydrogen) atoms. The highest BCUT2D eigenvalue weighted by atomic mass is 19.4. The third-order valence-corrected chi connectivity index (χ3v) is 1.14. The molecule has 0 spiro atoms. The van der Waals surface area contributed by atoms with Crippen LogP contribution in [0.15, 0.2) is 36.0 Å². The predicted molar refractivity (Wildman–Crippen MR) is 43.8 cm³/mol. The Hall–Kier alpha value is -0.990. The van der Waals surface area contributed by atoms with Gasteiger partial charge >= 0.3 is 6.18 Å². The summed E-state index contributed by atoms with van der Waals surface area (Å²) in [7, 11) is 0. The Morgan fingerprint density at radius 3 is 1.92 bits per heavy atom. The monoisotopic (exact) mass is 176 g/mol. The van der Waals surface area contributed by atoms with Crippen LogP contribution in [-0.2, 0) is 0 Å². The molecule has 0 radical (unpaired) electrons. The molecule has 0 atom stereocenters. The average molecular weight is 176 g/mol. The van der Waals surface area contributed by atoms with Crippen LogP contribution in [0, 0.1) is 0 Å². The Balaban J connectivity index is 4.68. The molecular weight excluding hydrogens is 165 g/mol. The van der Waals surface area contributed by atoms with Crippen molar-refractivity contribution in [1.82, 2.24) is 0 Å². The van der Waals surface area contributed by atoms with Crippen molar-refractivity contribution in [3.05, 3.63) is 36.0 Å². The van der Waals surface area contributed by atoms with Crippen molar-refractivity contribution < 1.29 is 13.2 Å². The normalized spacial score (nSPS) is 12.6. The highest BCUT2D eigenvalue weighted by molar-refractivity contribution is 5.27. The molecule has 3 heteroatoms. The van der Waals surface area contributed by atoms with E-state index in [-0.39, 0.29) is 0 Å². The summed E-state index contributed by atoms with van der Waals surface area (Å²) in [5, 5.41) is 0. The Morgan fingerprint density at radius 1 is 1.17 bits per heavy atom. The Kier molecular flexibility index (Phi) is 3.80. The summed E-state index contributed by atoms with van der Waals surface area (Å²) in [4.78, 5) is 0. The standard InChI is InChI=1S/C9H11F3/c1-4-8(9(10,11)12)6-5-7(2)3/h4-6H,1H2,2-3H3/b8-6+. The van der Waals surface area contributed by atoms with E-state index in [0.29, 0.717) is 0 Å². The lowest BCUT2D eigenvalue weighted by atomic mass is 10.2. The van der Waals surface area contributed by atoms with Gasteiger partial charge in [-0.2, -0.15) is 13.2 Å². The highest BCUT2D eigenvalue weighted by Crippen LogP contribution is 2.26. The van der Waals surface area contributed by atoms with Gasteiger partial charge in [0, 0.05) is 0 Å². The molecule has 0 aromatic carbocycles. The first-order valence-corrected chi connectivity index (χ1v) is 3.42. The minimum Gasteiger partial charge on any atom is -0.166 e. The molecule has 0 saturated heterocycles. The molecule has 0 N–H and O–H groups in total. The summed E-state index contributed by atoms with van der Waals surface area (Å²) < 4.78 is 36.0. The Labute approximate surface area is 70.1 Å². The van der Waals surface area contributed by atoms with E-state index < -0.39 is 11.7 Å². The summed E-state index contributed by atoms with van der Waals surface area (Å²) in [5.41, 5.74) is 0.0994. The van der Waals surface area contributed by atoms with E-state index in [9.17, 15) is 13.2 Å². The molecule has 0 aliphatic heterocycles. The second kappa shape index (κ2) is 4.14. The fraction of sp³-hybridized carbons (Fsp3) is 0.333. The summed E-state index contributed by atoms with van der Waals surface area (Å²) in [6.07, 6.45) is -1.07. The van der Waals surface area contributed by atoms with Crippen LogP contribution in [0.4, 0.5) is 13.2 Å². The second-order valence-corrected chi connectivity index (χ2v) is 2.57. The SMILES string of the molecule is C=C/C(=C\C=C(C)C)C(F)(F)F. The number of halogens is 3. The van der Waals surface area contributed by atoms with Crippen molar-refractivity contribution in [3.8, 4) is 0 Å². The summed E-state index contributed by atoms with van der Waals surface area (Å²) in [5.74, 6) is 0. The number of rotatable bonds is 2. The van der Waals surface area contributed by atoms with E-state index in [1.54, 1.807) is 13.8 Å². The van der Waals surface area contributed by atoms with Crippen LogP contribution in [-0.4, -0.2) is 6.18 Å². The minimum absolute atomic E-state index is 0.719. The van der Waals surface area contributed by atoms with Gasteiger partial charge in [-0.1, -0.05) is 30.4 Å². The maximum atomic E-state index is 12.0. The van der Waals surface area contributed by atoms with E-state index in [1.165, 1.54) is 6.08 Å². The van der Waals surface area contributed by atoms with Gasteiger partial charge in [-0.05, 0) is 13.8 Å². The number of hydrogen-bond donors (Lipinski definition) is 0. The molecule has 0 heterocycles. The van der Waals surface area contributed by atoms with Gasteiger partial charge in [0.25, 0.3) is 0 Å². The molecule has 0 fully saturated rings. The van der Waals surface area contributed by atoms with Gasteiger partial charge in [0.2, 0.25) is 0 Å². The fourth-order valence-electron chi connectivity index (χ4n) is 0.535. The molecule has 0 unspecified atom stereocenters. The van der Waals surface area contributed by atoms with Crippen LogP contribution in [0.3, 0.4) is 0 Å². The van der Waals surface area contributed by atoms with E-state index in [4.69, 9.17) is 0 Å². The molecule has 0 saturated carbocycles. The summed E-state index contributed by atoms with van der Waals surface area (Å²) >= 11 is 0. The van der Waals surface area contributed by atoms with Crippen LogP contribution in [0.2, 0.25) is 0 Å². The van der Waals surface area contributed by atoms with Crippen molar-refractivity contribution >= 4 is 0 Å². The van der Waals surface area contributed by atoms with Crippen LogP contribution in [0.1, 0.15) is 13.8 Å². The van der Waals surface area contributed by atoms with E-state index >= 15 is 0 Å². The van der Waals surface area contributed by atoms with Crippen LogP contribution >= 0.6 is 0 Å². The van der Waals surface area contributed by atoms with Gasteiger partial charge in [-0.25, -0.2) is 0 Å². The van der Waals surface area contributed by atoms with Gasteiger partial charge < -0.3 is 0 Å². The topological polar surface area (TPSA) is 0 Å². The summed E-state index contributed by atoms with van der Waals surface area (Å²) in [6, 6.07) is 0. The zero-order valence-corrected chi connectivity index (χ0v) is 7.07. The lowest BCUT2D eigenvalue weighted by molar-refractivity contribution is -0.0881. The van der Waals surface area contributed by atoms with Gasteiger partial charge in [0.15, 0.2) is 0 Å². The molecule has 0 rings (SSSR count). The van der Waals surface area contributed by atoms with Crippen LogP contribution in [0.25, 0.3) is 0 Å². The van der Waals surface area contributed by atoms with Crippen molar-refractivity contribution in [2.45, 2.75) is 20.0 Å². The first-order valence-electron chi connectivity index (χ1n) is 3.42. The van der Waals surface area contributed by atoms with E-state index in [1.807, 2.05) is 0 Å². The summed E-state index contributed by atoms with van der Waals surface area (Å²) in [6.45, 7) is 6.55. The number of allylic oxidation sites excluding steroid dienone is 5. The maximum Gasteiger partial charge on any atom is 0.416 e. The van der Waals surface area contributed by atoms with Gasteiger partial charge in [-0.15, -0.1) is 0 Å². The zero-order valence-electron chi connectivity index (χ0n) is 7.07.